The van der Waals surface area contributed by atoms with Gasteiger partial charge >= 0.3 is 5.97 Å². The number of carboxylic acid groups (broad SMARTS) is 1. The summed E-state index contributed by atoms with van der Waals surface area (Å²) in [6.45, 7) is 0.128. The van der Waals surface area contributed by atoms with Crippen LogP contribution in [0.3, 0.4) is 0 Å². The second kappa shape index (κ2) is 10.8. The molecule has 1 heterocycles. The molecule has 4 rings (SSSR count). The van der Waals surface area contributed by atoms with Gasteiger partial charge in [-0.3, -0.25) is 19.3 Å². The summed E-state index contributed by atoms with van der Waals surface area (Å²) in [4.78, 5) is 37.5. The monoisotopic (exact) mass is 492 g/mol. The van der Waals surface area contributed by atoms with E-state index in [1.54, 1.807) is 4.90 Å². The number of carbonyl (C=O) groups is 3. The number of rotatable bonds is 9. The summed E-state index contributed by atoms with van der Waals surface area (Å²) in [5.74, 6) is -1.43. The fraction of sp³-hybridized carbons (Fsp3) is 0.231. The molecule has 2 amide bonds. The Morgan fingerprint density at radius 1 is 1.00 bits per heavy atom. The van der Waals surface area contributed by atoms with E-state index in [9.17, 15) is 14.4 Å². The Labute approximate surface area is 207 Å². The van der Waals surface area contributed by atoms with Crippen LogP contribution in [0.4, 0.5) is 0 Å². The van der Waals surface area contributed by atoms with Crippen LogP contribution in [0.15, 0.2) is 59.5 Å². The average Bonchev–Trinajstić information content (AvgIpc) is 3.09. The molecule has 3 aromatic carbocycles. The lowest BCUT2D eigenvalue weighted by atomic mass is 9.96. The van der Waals surface area contributed by atoms with Gasteiger partial charge in [0, 0.05) is 13.0 Å². The van der Waals surface area contributed by atoms with Crippen LogP contribution in [0, 0.1) is 0 Å². The minimum absolute atomic E-state index is 0.0915. The molecule has 0 aromatic heterocycles. The highest BCUT2D eigenvalue weighted by atomic mass is 32.2. The highest BCUT2D eigenvalue weighted by Crippen LogP contribution is 2.36. The van der Waals surface area contributed by atoms with E-state index in [4.69, 9.17) is 17.3 Å². The fourth-order valence-corrected chi connectivity index (χ4v) is 5.31. The van der Waals surface area contributed by atoms with Crippen molar-refractivity contribution in [2.75, 3.05) is 13.1 Å². The number of aliphatic carboxylic acids is 1. The lowest BCUT2D eigenvalue weighted by Gasteiger charge is -2.14. The van der Waals surface area contributed by atoms with E-state index in [1.165, 1.54) is 11.8 Å². The number of nitrogens with one attached hydrogen (secondary N) is 1. The van der Waals surface area contributed by atoms with E-state index >= 15 is 0 Å². The predicted molar refractivity (Wildman–Crippen MR) is 140 cm³/mol. The number of hydrogen-bond acceptors (Lipinski definition) is 5. The van der Waals surface area contributed by atoms with Gasteiger partial charge in [-0.05, 0) is 52.1 Å². The fourth-order valence-electron chi connectivity index (χ4n) is 4.02. The van der Waals surface area contributed by atoms with Crippen molar-refractivity contribution in [1.29, 1.82) is 0 Å². The third kappa shape index (κ3) is 5.46. The van der Waals surface area contributed by atoms with Crippen molar-refractivity contribution in [2.45, 2.75) is 25.7 Å². The van der Waals surface area contributed by atoms with E-state index in [1.807, 2.05) is 30.3 Å². The maximum absolute atomic E-state index is 13.1. The first-order chi connectivity index (χ1) is 16.4. The van der Waals surface area contributed by atoms with Crippen molar-refractivity contribution in [3.05, 3.63) is 65.1 Å². The van der Waals surface area contributed by atoms with Crippen molar-refractivity contribution < 1.29 is 19.5 Å². The summed E-state index contributed by atoms with van der Waals surface area (Å²) in [5, 5.41) is 15.4. The summed E-state index contributed by atoms with van der Waals surface area (Å²) < 4.78 is 0.542. The van der Waals surface area contributed by atoms with Crippen molar-refractivity contribution in [1.82, 2.24) is 10.2 Å². The molecule has 3 aromatic rings. The number of nitrogens with zero attached hydrogens (tertiary/aromatic N) is 1. The van der Waals surface area contributed by atoms with Gasteiger partial charge in [-0.25, -0.2) is 0 Å². The van der Waals surface area contributed by atoms with Crippen LogP contribution in [0.1, 0.15) is 31.2 Å². The first-order valence-electron chi connectivity index (χ1n) is 11.1. The molecule has 0 bridgehead atoms. The maximum Gasteiger partial charge on any atom is 0.322 e. The molecule has 0 saturated carbocycles. The molecule has 1 aliphatic heterocycles. The summed E-state index contributed by atoms with van der Waals surface area (Å²) in [5.41, 5.74) is 1.02. The minimum Gasteiger partial charge on any atom is -0.480 e. The maximum atomic E-state index is 13.1. The van der Waals surface area contributed by atoms with Crippen LogP contribution < -0.4 is 5.32 Å². The van der Waals surface area contributed by atoms with Gasteiger partial charge in [-0.2, -0.15) is 0 Å². The Hall–Kier alpha value is -3.23. The van der Waals surface area contributed by atoms with Crippen molar-refractivity contribution in [2.24, 2.45) is 0 Å². The zero-order valence-corrected chi connectivity index (χ0v) is 20.1. The number of amides is 2. The van der Waals surface area contributed by atoms with Gasteiger partial charge in [0.2, 0.25) is 5.91 Å². The molecule has 0 aliphatic carbocycles. The molecule has 8 heteroatoms. The molecule has 1 aliphatic rings. The average molecular weight is 493 g/mol. The highest BCUT2D eigenvalue weighted by Gasteiger charge is 2.31. The highest BCUT2D eigenvalue weighted by molar-refractivity contribution is 8.26. The Balaban J connectivity index is 1.44. The molecule has 0 spiro atoms. The largest absolute Gasteiger partial charge is 0.480 e. The van der Waals surface area contributed by atoms with Crippen LogP contribution in [-0.4, -0.2) is 45.2 Å². The molecule has 0 unspecified atom stereocenters. The van der Waals surface area contributed by atoms with Crippen molar-refractivity contribution in [3.8, 4) is 0 Å². The normalized spacial score (nSPS) is 14.9. The first-order valence-corrected chi connectivity index (χ1v) is 12.3. The Morgan fingerprint density at radius 3 is 2.29 bits per heavy atom. The molecule has 6 nitrogen and oxygen atoms in total. The third-order valence-electron chi connectivity index (χ3n) is 5.68. The van der Waals surface area contributed by atoms with Gasteiger partial charge in [0.15, 0.2) is 0 Å². The summed E-state index contributed by atoms with van der Waals surface area (Å²) >= 11 is 6.81. The van der Waals surface area contributed by atoms with Crippen LogP contribution in [0.5, 0.6) is 0 Å². The lowest BCUT2D eigenvalue weighted by molar-refractivity contribution is -0.137. The number of carboxylic acids is 1. The molecular formula is C26H24N2O4S2. The molecule has 1 saturated heterocycles. The Morgan fingerprint density at radius 2 is 1.65 bits per heavy atom. The van der Waals surface area contributed by atoms with Crippen LogP contribution in [0.25, 0.3) is 27.6 Å². The zero-order valence-electron chi connectivity index (χ0n) is 18.5. The number of thiocarbonyl (C=S) groups is 1. The van der Waals surface area contributed by atoms with Crippen molar-refractivity contribution in [3.63, 3.8) is 0 Å². The summed E-state index contributed by atoms with van der Waals surface area (Å²) in [7, 11) is 0. The number of thioether (sulfide) groups is 1. The number of carbonyl (C=O) groups excluding carboxylic acids is 2. The van der Waals surface area contributed by atoms with E-state index < -0.39 is 5.97 Å². The number of fused-ring (bicyclic) bond motifs is 2. The number of benzene rings is 3. The third-order valence-corrected chi connectivity index (χ3v) is 7.06. The molecular weight excluding hydrogens is 468 g/mol. The topological polar surface area (TPSA) is 86.7 Å². The van der Waals surface area contributed by atoms with Crippen molar-refractivity contribution >= 4 is 73.7 Å². The zero-order chi connectivity index (χ0) is 24.1. The summed E-state index contributed by atoms with van der Waals surface area (Å²) in [6, 6.07) is 18.5. The van der Waals surface area contributed by atoms with E-state index in [0.29, 0.717) is 28.6 Å². The molecule has 174 valence electrons. The second-order valence-electron chi connectivity index (χ2n) is 8.05. The number of unbranched alkanes of at least 4 members (excludes halogenated alkanes) is 2. The van der Waals surface area contributed by atoms with Crippen LogP contribution in [0.2, 0.25) is 0 Å². The van der Waals surface area contributed by atoms with Crippen LogP contribution >= 0.6 is 24.0 Å². The molecule has 0 radical (unpaired) electrons. The lowest BCUT2D eigenvalue weighted by Crippen LogP contribution is -2.29. The van der Waals surface area contributed by atoms with Gasteiger partial charge in [-0.1, -0.05) is 78.9 Å². The molecule has 34 heavy (non-hydrogen) atoms. The first kappa shape index (κ1) is 23.9. The number of hydrogen-bond donors (Lipinski definition) is 2. The molecule has 0 atom stereocenters. The van der Waals surface area contributed by atoms with E-state index in [0.717, 1.165) is 33.5 Å². The second-order valence-corrected chi connectivity index (χ2v) is 9.72. The Kier molecular flexibility index (Phi) is 7.59. The van der Waals surface area contributed by atoms with Gasteiger partial charge in [0.25, 0.3) is 5.91 Å². The van der Waals surface area contributed by atoms with E-state index in [-0.39, 0.29) is 24.8 Å². The molecule has 2 N–H and O–H groups in total. The smallest absolute Gasteiger partial charge is 0.322 e. The van der Waals surface area contributed by atoms with Gasteiger partial charge in [-0.15, -0.1) is 0 Å². The van der Waals surface area contributed by atoms with Gasteiger partial charge in [0.05, 0.1) is 4.91 Å². The quantitative estimate of drug-likeness (QED) is 0.190. The summed E-state index contributed by atoms with van der Waals surface area (Å²) in [6.07, 6.45) is 4.29. The Bertz CT molecular complexity index is 1260. The van der Waals surface area contributed by atoms with Gasteiger partial charge < -0.3 is 10.4 Å². The van der Waals surface area contributed by atoms with E-state index in [2.05, 4.69) is 35.6 Å². The SMILES string of the molecule is O=C(O)CNC(=O)CCCCCN1C(=O)/C(=C/c2c3ccccc3cc3ccccc23)SC1=S. The standard InChI is InChI=1S/C26H24N2O4S2/c29-23(27-16-24(30)31)12-2-1-7-13-28-25(32)22(34-26(28)33)15-21-19-10-5-3-8-17(19)14-18-9-4-6-11-20(18)21/h3-6,8-11,14-15H,1-2,7,12-13,16H2,(H,27,29)(H,30,31)/b22-15-. The van der Waals surface area contributed by atoms with Crippen LogP contribution in [-0.2, 0) is 14.4 Å². The minimum atomic E-state index is -1.06. The molecule has 1 fully saturated rings. The predicted octanol–water partition coefficient (Wildman–Crippen LogP) is 4.96. The van der Waals surface area contributed by atoms with Gasteiger partial charge in [0.1, 0.15) is 10.9 Å².